The SMILES string of the molecule is C=C/C=N\SC(C)CC. The van der Waals surface area contributed by atoms with E-state index in [-0.39, 0.29) is 0 Å². The first-order valence-corrected chi connectivity index (χ1v) is 3.95. The highest BCUT2D eigenvalue weighted by atomic mass is 32.2. The molecule has 0 heterocycles. The van der Waals surface area contributed by atoms with E-state index in [0.29, 0.717) is 5.25 Å². The van der Waals surface area contributed by atoms with Crippen LogP contribution in [0.3, 0.4) is 0 Å². The molecule has 0 rings (SSSR count). The van der Waals surface area contributed by atoms with Crippen LogP contribution in [0.2, 0.25) is 0 Å². The molecule has 0 spiro atoms. The van der Waals surface area contributed by atoms with Gasteiger partial charge in [0, 0.05) is 11.5 Å². The molecule has 0 aromatic rings. The predicted octanol–water partition coefficient (Wildman–Crippen LogP) is 2.69. The van der Waals surface area contributed by atoms with E-state index < -0.39 is 0 Å². The van der Waals surface area contributed by atoms with Gasteiger partial charge in [0.1, 0.15) is 0 Å². The summed E-state index contributed by atoms with van der Waals surface area (Å²) >= 11 is 1.60. The van der Waals surface area contributed by atoms with Crippen LogP contribution < -0.4 is 0 Å². The molecule has 0 radical (unpaired) electrons. The summed E-state index contributed by atoms with van der Waals surface area (Å²) in [6.07, 6.45) is 4.57. The topological polar surface area (TPSA) is 12.4 Å². The molecule has 0 bridgehead atoms. The van der Waals surface area contributed by atoms with Crippen molar-refractivity contribution in [2.24, 2.45) is 4.40 Å². The van der Waals surface area contributed by atoms with E-state index in [0.717, 1.165) is 0 Å². The second-order valence-electron chi connectivity index (χ2n) is 1.81. The van der Waals surface area contributed by atoms with Crippen LogP contribution in [0.5, 0.6) is 0 Å². The number of nitrogens with zero attached hydrogens (tertiary/aromatic N) is 1. The summed E-state index contributed by atoms with van der Waals surface area (Å²) in [5, 5.41) is 0.626. The van der Waals surface area contributed by atoms with Crippen molar-refractivity contribution in [3.8, 4) is 0 Å². The van der Waals surface area contributed by atoms with Crippen LogP contribution in [0.25, 0.3) is 0 Å². The third kappa shape index (κ3) is 5.63. The third-order valence-electron chi connectivity index (χ3n) is 0.982. The molecule has 0 fully saturated rings. The van der Waals surface area contributed by atoms with Gasteiger partial charge in [0.25, 0.3) is 0 Å². The molecule has 0 aliphatic carbocycles. The second kappa shape index (κ2) is 5.89. The maximum Gasteiger partial charge on any atom is 0.0345 e. The van der Waals surface area contributed by atoms with Crippen molar-refractivity contribution in [3.63, 3.8) is 0 Å². The fourth-order valence-electron chi connectivity index (χ4n) is 0.257. The average molecular weight is 143 g/mol. The Kier molecular flexibility index (Phi) is 5.73. The summed E-state index contributed by atoms with van der Waals surface area (Å²) in [6, 6.07) is 0. The van der Waals surface area contributed by atoms with Crippen molar-refractivity contribution in [1.29, 1.82) is 0 Å². The standard InChI is InChI=1S/C7H13NS/c1-4-6-8-9-7(3)5-2/h4,6-7H,1,5H2,2-3H3/b8-6-. The van der Waals surface area contributed by atoms with Crippen molar-refractivity contribution in [1.82, 2.24) is 0 Å². The van der Waals surface area contributed by atoms with Crippen LogP contribution in [-0.4, -0.2) is 11.5 Å². The van der Waals surface area contributed by atoms with Crippen LogP contribution >= 0.6 is 11.9 Å². The summed E-state index contributed by atoms with van der Waals surface area (Å²) < 4.78 is 4.03. The second-order valence-corrected chi connectivity index (χ2v) is 3.04. The predicted molar refractivity (Wildman–Crippen MR) is 46.0 cm³/mol. The first-order valence-electron chi connectivity index (χ1n) is 3.11. The average Bonchev–Trinajstić information content (AvgIpc) is 1.89. The van der Waals surface area contributed by atoms with E-state index >= 15 is 0 Å². The Morgan fingerprint density at radius 3 is 2.89 bits per heavy atom. The van der Waals surface area contributed by atoms with E-state index in [1.165, 1.54) is 6.42 Å². The number of hydrogen-bond donors (Lipinski definition) is 0. The lowest BCUT2D eigenvalue weighted by atomic mass is 10.4. The van der Waals surface area contributed by atoms with Crippen LogP contribution in [0.4, 0.5) is 0 Å². The van der Waals surface area contributed by atoms with Gasteiger partial charge in [0.2, 0.25) is 0 Å². The Labute approximate surface area is 61.4 Å². The van der Waals surface area contributed by atoms with Gasteiger partial charge >= 0.3 is 0 Å². The van der Waals surface area contributed by atoms with Gasteiger partial charge in [-0.25, -0.2) is 4.40 Å². The molecule has 0 aromatic carbocycles. The molecular formula is C7H13NS. The molecule has 0 aliphatic rings. The molecule has 0 saturated heterocycles. The Morgan fingerprint density at radius 2 is 2.44 bits per heavy atom. The van der Waals surface area contributed by atoms with Crippen LogP contribution in [-0.2, 0) is 0 Å². The Hall–Kier alpha value is -0.240. The lowest BCUT2D eigenvalue weighted by molar-refractivity contribution is 0.907. The van der Waals surface area contributed by atoms with Gasteiger partial charge in [-0.05, 0) is 18.4 Å². The first-order chi connectivity index (χ1) is 4.31. The Morgan fingerprint density at radius 1 is 1.78 bits per heavy atom. The number of hydrogen-bond acceptors (Lipinski definition) is 2. The molecular weight excluding hydrogens is 130 g/mol. The molecule has 2 heteroatoms. The lowest BCUT2D eigenvalue weighted by Gasteiger charge is -1.99. The maximum absolute atomic E-state index is 4.03. The first kappa shape index (κ1) is 8.76. The summed E-state index contributed by atoms with van der Waals surface area (Å²) in [5.41, 5.74) is 0. The fraction of sp³-hybridized carbons (Fsp3) is 0.571. The van der Waals surface area contributed by atoms with Gasteiger partial charge in [-0.1, -0.05) is 26.5 Å². The summed E-state index contributed by atoms with van der Waals surface area (Å²) in [5.74, 6) is 0. The zero-order valence-electron chi connectivity index (χ0n) is 6.00. The summed E-state index contributed by atoms with van der Waals surface area (Å²) in [6.45, 7) is 7.83. The molecule has 0 N–H and O–H groups in total. The van der Waals surface area contributed by atoms with E-state index in [2.05, 4.69) is 24.8 Å². The maximum atomic E-state index is 4.03. The van der Waals surface area contributed by atoms with Gasteiger partial charge in [-0.3, -0.25) is 0 Å². The zero-order chi connectivity index (χ0) is 7.11. The van der Waals surface area contributed by atoms with Crippen molar-refractivity contribution in [3.05, 3.63) is 12.7 Å². The Bertz CT molecular complexity index is 99.1. The molecule has 1 atom stereocenters. The minimum absolute atomic E-state index is 0.626. The van der Waals surface area contributed by atoms with Crippen LogP contribution in [0.1, 0.15) is 20.3 Å². The van der Waals surface area contributed by atoms with Gasteiger partial charge < -0.3 is 0 Å². The molecule has 0 amide bonds. The minimum Gasteiger partial charge on any atom is -0.224 e. The third-order valence-corrected chi connectivity index (χ3v) is 1.92. The van der Waals surface area contributed by atoms with Gasteiger partial charge in [0.05, 0.1) is 0 Å². The quantitative estimate of drug-likeness (QED) is 0.435. The highest BCUT2D eigenvalue weighted by molar-refractivity contribution is 7.98. The Balaban J connectivity index is 3.25. The molecule has 0 saturated carbocycles. The molecule has 52 valence electrons. The lowest BCUT2D eigenvalue weighted by Crippen LogP contribution is -1.88. The number of allylic oxidation sites excluding steroid dienone is 1. The normalized spacial score (nSPS) is 14.0. The zero-order valence-corrected chi connectivity index (χ0v) is 6.82. The van der Waals surface area contributed by atoms with Crippen molar-refractivity contribution in [2.75, 3.05) is 0 Å². The molecule has 0 aromatic heterocycles. The molecule has 1 unspecified atom stereocenters. The molecule has 0 aliphatic heterocycles. The fourth-order valence-corrected chi connectivity index (χ4v) is 0.770. The monoisotopic (exact) mass is 143 g/mol. The summed E-state index contributed by atoms with van der Waals surface area (Å²) in [4.78, 5) is 0. The van der Waals surface area contributed by atoms with E-state index in [1.54, 1.807) is 24.2 Å². The van der Waals surface area contributed by atoms with Crippen molar-refractivity contribution >= 4 is 18.2 Å². The minimum atomic E-state index is 0.626. The van der Waals surface area contributed by atoms with Gasteiger partial charge in [-0.2, -0.15) is 0 Å². The smallest absolute Gasteiger partial charge is 0.0345 e. The molecule has 1 nitrogen and oxygen atoms in total. The van der Waals surface area contributed by atoms with Crippen molar-refractivity contribution < 1.29 is 0 Å². The van der Waals surface area contributed by atoms with E-state index in [9.17, 15) is 0 Å². The van der Waals surface area contributed by atoms with E-state index in [1.807, 2.05) is 0 Å². The van der Waals surface area contributed by atoms with Gasteiger partial charge in [-0.15, -0.1) is 0 Å². The highest BCUT2D eigenvalue weighted by Gasteiger charge is 1.93. The largest absolute Gasteiger partial charge is 0.224 e. The van der Waals surface area contributed by atoms with Crippen LogP contribution in [0.15, 0.2) is 17.1 Å². The number of rotatable bonds is 4. The summed E-state index contributed by atoms with van der Waals surface area (Å²) in [7, 11) is 0. The highest BCUT2D eigenvalue weighted by Crippen LogP contribution is 2.13. The van der Waals surface area contributed by atoms with E-state index in [4.69, 9.17) is 0 Å². The van der Waals surface area contributed by atoms with Crippen molar-refractivity contribution in [2.45, 2.75) is 25.5 Å². The molecule has 9 heavy (non-hydrogen) atoms. The van der Waals surface area contributed by atoms with Crippen LogP contribution in [0, 0.1) is 0 Å². The van der Waals surface area contributed by atoms with Gasteiger partial charge in [0.15, 0.2) is 0 Å².